The van der Waals surface area contributed by atoms with Gasteiger partial charge in [-0.1, -0.05) is 35.4 Å². The average Bonchev–Trinajstić information content (AvgIpc) is 2.76. The standard InChI is InChI=1S/C16H15ClFN/c1-9-3-4-10(2)13(5-9)15-7-11-6-12(17)8-14(18)16(11)19-15/h3-6,8,15,19H,7H2,1-2H3. The van der Waals surface area contributed by atoms with Gasteiger partial charge in [0.2, 0.25) is 0 Å². The minimum Gasteiger partial charge on any atom is -0.375 e. The van der Waals surface area contributed by atoms with Gasteiger partial charge in [0.1, 0.15) is 5.82 Å². The van der Waals surface area contributed by atoms with Crippen LogP contribution in [0.1, 0.15) is 28.3 Å². The molecule has 0 saturated carbocycles. The van der Waals surface area contributed by atoms with E-state index in [9.17, 15) is 4.39 Å². The summed E-state index contributed by atoms with van der Waals surface area (Å²) in [5, 5.41) is 3.74. The average molecular weight is 276 g/mol. The SMILES string of the molecule is Cc1ccc(C)c(C2Cc3cc(Cl)cc(F)c3N2)c1. The predicted molar refractivity (Wildman–Crippen MR) is 77.4 cm³/mol. The number of anilines is 1. The molecule has 98 valence electrons. The van der Waals surface area contributed by atoms with Gasteiger partial charge in [0.05, 0.1) is 11.7 Å². The van der Waals surface area contributed by atoms with Crippen LogP contribution in [0.3, 0.4) is 0 Å². The minimum absolute atomic E-state index is 0.128. The van der Waals surface area contributed by atoms with E-state index in [1.54, 1.807) is 0 Å². The van der Waals surface area contributed by atoms with Gasteiger partial charge in [-0.2, -0.15) is 0 Å². The first-order valence-electron chi connectivity index (χ1n) is 6.36. The van der Waals surface area contributed by atoms with Crippen molar-refractivity contribution in [1.29, 1.82) is 0 Å². The Kier molecular flexibility index (Phi) is 2.98. The lowest BCUT2D eigenvalue weighted by Gasteiger charge is -2.15. The van der Waals surface area contributed by atoms with Crippen molar-refractivity contribution < 1.29 is 4.39 Å². The molecule has 3 heteroatoms. The van der Waals surface area contributed by atoms with Crippen molar-refractivity contribution in [2.24, 2.45) is 0 Å². The zero-order valence-corrected chi connectivity index (χ0v) is 11.7. The Labute approximate surface area is 117 Å². The van der Waals surface area contributed by atoms with Gasteiger partial charge in [-0.15, -0.1) is 0 Å². The highest BCUT2D eigenvalue weighted by molar-refractivity contribution is 6.30. The van der Waals surface area contributed by atoms with Crippen molar-refractivity contribution in [3.63, 3.8) is 0 Å². The Morgan fingerprint density at radius 2 is 2.00 bits per heavy atom. The molecule has 0 radical (unpaired) electrons. The Bertz CT molecular complexity index is 651. The molecular formula is C16H15ClFN. The number of benzene rings is 2. The van der Waals surface area contributed by atoms with Gasteiger partial charge in [-0.05, 0) is 49.1 Å². The van der Waals surface area contributed by atoms with Gasteiger partial charge in [-0.3, -0.25) is 0 Å². The first-order chi connectivity index (χ1) is 9.04. The first-order valence-corrected chi connectivity index (χ1v) is 6.74. The van der Waals surface area contributed by atoms with Crippen molar-refractivity contribution in [1.82, 2.24) is 0 Å². The zero-order valence-electron chi connectivity index (χ0n) is 10.9. The molecule has 1 aliphatic heterocycles. The van der Waals surface area contributed by atoms with Crippen molar-refractivity contribution in [3.8, 4) is 0 Å². The molecule has 1 N–H and O–H groups in total. The molecule has 0 amide bonds. The summed E-state index contributed by atoms with van der Waals surface area (Å²) in [5.74, 6) is -0.268. The number of halogens is 2. The number of aryl methyl sites for hydroxylation is 2. The van der Waals surface area contributed by atoms with E-state index < -0.39 is 0 Å². The van der Waals surface area contributed by atoms with Crippen LogP contribution >= 0.6 is 11.6 Å². The normalized spacial score (nSPS) is 17.2. The molecule has 0 aromatic heterocycles. The second-order valence-corrected chi connectivity index (χ2v) is 5.62. The van der Waals surface area contributed by atoms with Crippen LogP contribution < -0.4 is 5.32 Å². The zero-order chi connectivity index (χ0) is 13.6. The van der Waals surface area contributed by atoms with Gasteiger partial charge in [0.25, 0.3) is 0 Å². The summed E-state index contributed by atoms with van der Waals surface area (Å²) in [7, 11) is 0. The van der Waals surface area contributed by atoms with Crippen molar-refractivity contribution in [3.05, 3.63) is 63.4 Å². The van der Waals surface area contributed by atoms with E-state index in [-0.39, 0.29) is 11.9 Å². The molecule has 0 spiro atoms. The number of rotatable bonds is 1. The lowest BCUT2D eigenvalue weighted by molar-refractivity contribution is 0.631. The van der Waals surface area contributed by atoms with Crippen LogP contribution in [0.15, 0.2) is 30.3 Å². The summed E-state index contributed by atoms with van der Waals surface area (Å²) in [4.78, 5) is 0. The predicted octanol–water partition coefficient (Wildman–Crippen LogP) is 4.81. The number of fused-ring (bicyclic) bond motifs is 1. The Balaban J connectivity index is 2.00. The first kappa shape index (κ1) is 12.5. The molecule has 1 atom stereocenters. The summed E-state index contributed by atoms with van der Waals surface area (Å²) in [6.07, 6.45) is 0.775. The summed E-state index contributed by atoms with van der Waals surface area (Å²) in [5.41, 5.74) is 5.22. The smallest absolute Gasteiger partial charge is 0.148 e. The minimum atomic E-state index is -0.268. The van der Waals surface area contributed by atoms with E-state index in [0.29, 0.717) is 10.7 Å². The molecule has 19 heavy (non-hydrogen) atoms. The molecule has 1 aliphatic rings. The third kappa shape index (κ3) is 2.21. The molecule has 0 fully saturated rings. The van der Waals surface area contributed by atoms with E-state index in [1.165, 1.54) is 22.8 Å². The monoisotopic (exact) mass is 275 g/mol. The molecule has 2 aromatic carbocycles. The maximum Gasteiger partial charge on any atom is 0.148 e. The van der Waals surface area contributed by atoms with Crippen LogP contribution in [0.2, 0.25) is 5.02 Å². The molecule has 2 aromatic rings. The summed E-state index contributed by atoms with van der Waals surface area (Å²) in [6.45, 7) is 4.16. The summed E-state index contributed by atoms with van der Waals surface area (Å²) in [6, 6.07) is 9.70. The van der Waals surface area contributed by atoms with E-state index in [2.05, 4.69) is 37.4 Å². The van der Waals surface area contributed by atoms with Gasteiger partial charge >= 0.3 is 0 Å². The van der Waals surface area contributed by atoms with Gasteiger partial charge < -0.3 is 5.32 Å². The fraction of sp³-hybridized carbons (Fsp3) is 0.250. The lowest BCUT2D eigenvalue weighted by Crippen LogP contribution is -2.08. The second kappa shape index (κ2) is 4.53. The number of hydrogen-bond donors (Lipinski definition) is 1. The van der Waals surface area contributed by atoms with Gasteiger partial charge in [0, 0.05) is 5.02 Å². The molecule has 1 heterocycles. The highest BCUT2D eigenvalue weighted by Crippen LogP contribution is 2.38. The molecule has 0 saturated heterocycles. The van der Waals surface area contributed by atoms with Crippen molar-refractivity contribution >= 4 is 17.3 Å². The number of nitrogens with one attached hydrogen (secondary N) is 1. The largest absolute Gasteiger partial charge is 0.375 e. The van der Waals surface area contributed by atoms with Crippen LogP contribution in [-0.2, 0) is 6.42 Å². The fourth-order valence-corrected chi connectivity index (χ4v) is 2.95. The third-order valence-corrected chi connectivity index (χ3v) is 3.91. The summed E-state index contributed by atoms with van der Waals surface area (Å²) >= 11 is 5.91. The lowest BCUT2D eigenvalue weighted by atomic mass is 9.97. The van der Waals surface area contributed by atoms with Crippen molar-refractivity contribution in [2.75, 3.05) is 5.32 Å². The fourth-order valence-electron chi connectivity index (χ4n) is 2.72. The number of hydrogen-bond acceptors (Lipinski definition) is 1. The van der Waals surface area contributed by atoms with E-state index >= 15 is 0 Å². The quantitative estimate of drug-likeness (QED) is 0.788. The van der Waals surface area contributed by atoms with Crippen LogP contribution in [-0.4, -0.2) is 0 Å². The van der Waals surface area contributed by atoms with Crippen molar-refractivity contribution in [2.45, 2.75) is 26.3 Å². The van der Waals surface area contributed by atoms with E-state index in [1.807, 2.05) is 6.07 Å². The molecule has 3 rings (SSSR count). The second-order valence-electron chi connectivity index (χ2n) is 5.18. The molecule has 0 aliphatic carbocycles. The molecule has 0 bridgehead atoms. The summed E-state index contributed by atoms with van der Waals surface area (Å²) < 4.78 is 13.9. The van der Waals surface area contributed by atoms with E-state index in [0.717, 1.165) is 12.0 Å². The third-order valence-electron chi connectivity index (χ3n) is 3.69. The van der Waals surface area contributed by atoms with E-state index in [4.69, 9.17) is 11.6 Å². The molecule has 1 unspecified atom stereocenters. The maximum atomic E-state index is 13.9. The highest BCUT2D eigenvalue weighted by atomic mass is 35.5. The van der Waals surface area contributed by atoms with Gasteiger partial charge in [-0.25, -0.2) is 4.39 Å². The van der Waals surface area contributed by atoms with Crippen LogP contribution in [0.4, 0.5) is 10.1 Å². The highest BCUT2D eigenvalue weighted by Gasteiger charge is 2.26. The van der Waals surface area contributed by atoms with Crippen LogP contribution in [0.25, 0.3) is 0 Å². The molecule has 1 nitrogen and oxygen atoms in total. The Morgan fingerprint density at radius 3 is 2.79 bits per heavy atom. The topological polar surface area (TPSA) is 12.0 Å². The van der Waals surface area contributed by atoms with Crippen LogP contribution in [0, 0.1) is 19.7 Å². The van der Waals surface area contributed by atoms with Crippen LogP contribution in [0.5, 0.6) is 0 Å². The molecular weight excluding hydrogens is 261 g/mol. The van der Waals surface area contributed by atoms with Gasteiger partial charge in [0.15, 0.2) is 0 Å². The Hall–Kier alpha value is -1.54. The maximum absolute atomic E-state index is 13.9. The Morgan fingerprint density at radius 1 is 1.21 bits per heavy atom.